The summed E-state index contributed by atoms with van der Waals surface area (Å²) in [5.74, 6) is 0.240. The minimum atomic E-state index is -2.10. The molecule has 0 saturated carbocycles. The summed E-state index contributed by atoms with van der Waals surface area (Å²) in [6.07, 6.45) is 2.48. The lowest BCUT2D eigenvalue weighted by molar-refractivity contribution is -0.944. The molecule has 0 bridgehead atoms. The first-order chi connectivity index (χ1) is 33.5. The Balaban J connectivity index is 1.27. The van der Waals surface area contributed by atoms with Gasteiger partial charge < -0.3 is 4.42 Å². The maximum absolute atomic E-state index is 9.68. The molecule has 1 atom stereocenters. The van der Waals surface area contributed by atoms with Crippen LogP contribution in [-0.2, 0) is 5.66 Å². The van der Waals surface area contributed by atoms with Gasteiger partial charge >= 0.3 is 11.5 Å². The van der Waals surface area contributed by atoms with Gasteiger partial charge in [-0.3, -0.25) is 0 Å². The van der Waals surface area contributed by atoms with E-state index in [1.165, 1.54) is 43.4 Å². The van der Waals surface area contributed by atoms with Crippen molar-refractivity contribution in [2.45, 2.75) is 45.0 Å². The van der Waals surface area contributed by atoms with Crippen molar-refractivity contribution in [3.05, 3.63) is 217 Å². The first-order valence-electron chi connectivity index (χ1n) is 24.3. The number of benzene rings is 9. The first-order valence-corrected chi connectivity index (χ1v) is 27.3. The summed E-state index contributed by atoms with van der Waals surface area (Å²) in [5.41, 5.74) is 15.5. The van der Waals surface area contributed by atoms with Gasteiger partial charge in [-0.1, -0.05) is 167 Å². The zero-order chi connectivity index (χ0) is 46.6. The second-order valence-corrected chi connectivity index (χ2v) is 25.1. The van der Waals surface area contributed by atoms with E-state index in [9.17, 15) is 1.37 Å². The van der Waals surface area contributed by atoms with Gasteiger partial charge in [0.25, 0.3) is 0 Å². The summed E-state index contributed by atoms with van der Waals surface area (Å²) in [5, 5.41) is 8.32. The van der Waals surface area contributed by atoms with Crippen molar-refractivity contribution >= 4 is 67.8 Å². The molecule has 12 aromatic rings. The Labute approximate surface area is 398 Å². The van der Waals surface area contributed by atoms with E-state index in [0.717, 1.165) is 83.6 Å². The molecule has 68 heavy (non-hydrogen) atoms. The van der Waals surface area contributed by atoms with Gasteiger partial charge in [-0.15, -0.1) is 9.13 Å². The van der Waals surface area contributed by atoms with Crippen molar-refractivity contribution in [3.8, 4) is 50.6 Å². The third kappa shape index (κ3) is 5.20. The van der Waals surface area contributed by atoms with Crippen molar-refractivity contribution in [1.29, 1.82) is 0 Å². The van der Waals surface area contributed by atoms with Crippen molar-refractivity contribution in [3.63, 3.8) is 0 Å². The summed E-state index contributed by atoms with van der Waals surface area (Å²) in [7, 11) is -2.10. The number of imidazole rings is 1. The van der Waals surface area contributed by atoms with Crippen LogP contribution in [-0.4, -0.2) is 12.6 Å². The van der Waals surface area contributed by atoms with Crippen LogP contribution < -0.4 is 14.3 Å². The van der Waals surface area contributed by atoms with Crippen molar-refractivity contribution in [1.82, 2.24) is 4.57 Å². The van der Waals surface area contributed by atoms with Crippen LogP contribution in [0.2, 0.25) is 19.6 Å². The number of pyridine rings is 1. The molecule has 0 N–H and O–H groups in total. The van der Waals surface area contributed by atoms with E-state index in [0.29, 0.717) is 0 Å². The van der Waals surface area contributed by atoms with E-state index in [4.69, 9.17) is 4.42 Å². The Kier molecular flexibility index (Phi) is 7.92. The summed E-state index contributed by atoms with van der Waals surface area (Å²) in [4.78, 5) is 0. The summed E-state index contributed by atoms with van der Waals surface area (Å²) in [6.45, 7) is 11.4. The highest BCUT2D eigenvalue weighted by Gasteiger charge is 2.67. The Hall–Kier alpha value is -7.86. The summed E-state index contributed by atoms with van der Waals surface area (Å²) in [6, 6.07) is 71.3. The van der Waals surface area contributed by atoms with Crippen molar-refractivity contribution in [2.24, 2.45) is 0 Å². The molecule has 5 heterocycles. The maximum Gasteiger partial charge on any atom is 0.364 e. The predicted molar refractivity (Wildman–Crippen MR) is 283 cm³/mol. The summed E-state index contributed by atoms with van der Waals surface area (Å²) >= 11 is 0. The fourth-order valence-electron chi connectivity index (χ4n) is 12.1. The minimum Gasteiger partial charge on any atom is -0.455 e. The standard InChI is InChI=1S/C63H49N3OSi/c1-39(2)50-37-55-48-27-14-16-29-52(48)63(64(55)38-57(50)68(3,4)5)53-36-51(41-21-10-7-11-22-41)58-49-28-15-17-30-56(49)67-61(58)59(53)62-65(44-25-18-24-43(35-44)40-19-8-6-9-20-40)54-34-33-46-45-26-13-12-23-42(45)31-32-47(46)60(54)66(62)63/h6-39H,1-5H3/q+2/i39D. The number of para-hydroxylation sites is 1. The normalized spacial score (nSPS) is 15.4. The second-order valence-electron chi connectivity index (χ2n) is 20.1. The lowest BCUT2D eigenvalue weighted by Crippen LogP contribution is -2.72. The van der Waals surface area contributed by atoms with E-state index in [1.54, 1.807) is 0 Å². The third-order valence-electron chi connectivity index (χ3n) is 15.0. The van der Waals surface area contributed by atoms with Crippen LogP contribution >= 0.6 is 0 Å². The van der Waals surface area contributed by atoms with E-state index in [1.807, 2.05) is 0 Å². The number of hydrogen-bond acceptors (Lipinski definition) is 1. The van der Waals surface area contributed by atoms with Crippen molar-refractivity contribution in [2.75, 3.05) is 0 Å². The average molecular weight is 893 g/mol. The molecule has 1 spiro atoms. The van der Waals surface area contributed by atoms with Crippen LogP contribution in [0.5, 0.6) is 0 Å². The second kappa shape index (κ2) is 14.1. The molecule has 0 fully saturated rings. The largest absolute Gasteiger partial charge is 0.455 e. The number of fused-ring (bicyclic) bond motifs is 20. The SMILES string of the molecule is [2H]C(C)(C)c1cc2[n+](cc1[Si](C)(C)C)C1(c3ccccc3-2)c2cc(-c3ccccc3)c3c(oc4ccccc43)c2-c2n(-c3cccc(-c4ccccc4)c3)c3ccc4c5ccccc5ccc4c3[n+]21. The number of nitrogens with zero attached hydrogens (tertiary/aromatic N) is 3. The van der Waals surface area contributed by atoms with Gasteiger partial charge in [0.05, 0.1) is 24.8 Å². The van der Waals surface area contributed by atoms with Crippen molar-refractivity contribution < 1.29 is 14.9 Å². The molecule has 9 aromatic carbocycles. The molecule has 1 unspecified atom stereocenters. The molecule has 0 radical (unpaired) electrons. The van der Waals surface area contributed by atoms with Gasteiger partial charge in [-0.05, 0) is 104 Å². The highest BCUT2D eigenvalue weighted by molar-refractivity contribution is 6.89. The smallest absolute Gasteiger partial charge is 0.364 e. The lowest BCUT2D eigenvalue weighted by atomic mass is 9.85. The van der Waals surface area contributed by atoms with Gasteiger partial charge in [-0.2, -0.15) is 4.57 Å². The monoisotopic (exact) mass is 892 g/mol. The molecule has 2 aliphatic heterocycles. The van der Waals surface area contributed by atoms with E-state index < -0.39 is 19.6 Å². The van der Waals surface area contributed by atoms with Crippen LogP contribution in [0.1, 0.15) is 37.8 Å². The van der Waals surface area contributed by atoms with E-state index in [2.05, 4.69) is 248 Å². The van der Waals surface area contributed by atoms with Crippen LogP contribution in [0, 0.1) is 0 Å². The van der Waals surface area contributed by atoms with E-state index in [-0.39, 0.29) is 0 Å². The zero-order valence-corrected chi connectivity index (χ0v) is 39.8. The molecule has 2 aliphatic rings. The minimum absolute atomic E-state index is 0.820. The van der Waals surface area contributed by atoms with Gasteiger partial charge in [0.2, 0.25) is 5.69 Å². The van der Waals surface area contributed by atoms with Gasteiger partial charge in [0.1, 0.15) is 16.8 Å². The Morgan fingerprint density at radius 2 is 1.28 bits per heavy atom. The van der Waals surface area contributed by atoms with E-state index >= 15 is 0 Å². The molecular formula is C63H49N3OSi+2. The molecule has 0 aliphatic carbocycles. The number of hydrogen-bond donors (Lipinski definition) is 0. The number of aromatic nitrogens is 3. The topological polar surface area (TPSA) is 25.8 Å². The Morgan fingerprint density at radius 3 is 2.07 bits per heavy atom. The number of furan rings is 1. The fourth-order valence-corrected chi connectivity index (χ4v) is 13.7. The molecule has 0 amide bonds. The van der Waals surface area contributed by atoms with Crippen LogP contribution in [0.25, 0.3) is 105 Å². The molecule has 0 saturated heterocycles. The molecule has 3 aromatic heterocycles. The molecule has 5 heteroatoms. The van der Waals surface area contributed by atoms with Crippen LogP contribution in [0.15, 0.2) is 205 Å². The first kappa shape index (κ1) is 38.3. The number of rotatable bonds is 5. The third-order valence-corrected chi connectivity index (χ3v) is 17.0. The van der Waals surface area contributed by atoms with Gasteiger partial charge in [0.15, 0.2) is 22.8 Å². The Bertz CT molecular complexity index is 4160. The summed E-state index contributed by atoms with van der Waals surface area (Å²) < 4.78 is 24.9. The van der Waals surface area contributed by atoms with Gasteiger partial charge in [-0.25, -0.2) is 0 Å². The molecular weight excluding hydrogens is 843 g/mol. The Morgan fingerprint density at radius 1 is 0.588 bits per heavy atom. The average Bonchev–Trinajstić information content (AvgIpc) is 4.09. The fraction of sp³-hybridized carbons (Fsp3) is 0.111. The lowest BCUT2D eigenvalue weighted by Gasteiger charge is -2.25. The quantitative estimate of drug-likeness (QED) is 0.0960. The van der Waals surface area contributed by atoms with Gasteiger partial charge in [0, 0.05) is 28.8 Å². The molecule has 4 nitrogen and oxygen atoms in total. The van der Waals surface area contributed by atoms with Crippen LogP contribution in [0.3, 0.4) is 0 Å². The maximum atomic E-state index is 9.68. The highest BCUT2D eigenvalue weighted by Crippen LogP contribution is 2.55. The molecule has 324 valence electrons. The van der Waals surface area contributed by atoms with Crippen LogP contribution in [0.4, 0.5) is 0 Å². The predicted octanol–water partition coefficient (Wildman–Crippen LogP) is 14.7. The highest BCUT2D eigenvalue weighted by atomic mass is 28.3. The zero-order valence-electron chi connectivity index (χ0n) is 39.8. The molecule has 14 rings (SSSR count).